The Morgan fingerprint density at radius 3 is 2.65 bits per heavy atom. The molecule has 3 rings (SSSR count). The number of methoxy groups -OCH3 is 1. The van der Waals surface area contributed by atoms with Gasteiger partial charge in [0, 0.05) is 18.3 Å². The Balaban J connectivity index is 1.68. The molecule has 3 aromatic rings. The minimum absolute atomic E-state index is 0.311. The maximum atomic E-state index is 9.16. The summed E-state index contributed by atoms with van der Waals surface area (Å²) in [5.74, 6) is 2.11. The quantitative estimate of drug-likeness (QED) is 0.697. The third kappa shape index (κ3) is 4.31. The zero-order valence-corrected chi connectivity index (χ0v) is 14.5. The van der Waals surface area contributed by atoms with Crippen LogP contribution in [0.2, 0.25) is 0 Å². The van der Waals surface area contributed by atoms with E-state index in [1.165, 1.54) is 0 Å². The molecule has 1 N–H and O–H groups in total. The molecule has 26 heavy (non-hydrogen) atoms. The molecule has 0 bridgehead atoms. The number of nitriles is 1. The zero-order chi connectivity index (χ0) is 18.2. The lowest BCUT2D eigenvalue weighted by Crippen LogP contribution is -2.03. The third-order valence-electron chi connectivity index (χ3n) is 3.89. The maximum absolute atomic E-state index is 9.16. The Morgan fingerprint density at radius 1 is 1.04 bits per heavy atom. The van der Waals surface area contributed by atoms with Crippen LogP contribution in [-0.4, -0.2) is 12.1 Å². The normalized spacial score (nSPS) is 10.0. The fourth-order valence-electron chi connectivity index (χ4n) is 2.51. The second-order valence-electron chi connectivity index (χ2n) is 5.61. The Bertz CT molecular complexity index is 905. The molecular weight excluding hydrogens is 326 g/mol. The number of nitrogens with zero attached hydrogens (tertiary/aromatic N) is 2. The van der Waals surface area contributed by atoms with Crippen molar-refractivity contribution in [1.29, 1.82) is 5.26 Å². The van der Waals surface area contributed by atoms with Crippen LogP contribution in [-0.2, 0) is 13.2 Å². The number of benzene rings is 2. The minimum atomic E-state index is 0.311. The molecule has 0 unspecified atom stereocenters. The van der Waals surface area contributed by atoms with Gasteiger partial charge in [0.15, 0.2) is 11.5 Å². The van der Waals surface area contributed by atoms with E-state index < -0.39 is 0 Å². The van der Waals surface area contributed by atoms with Crippen molar-refractivity contribution in [1.82, 2.24) is 4.98 Å². The molecule has 130 valence electrons. The fourth-order valence-corrected chi connectivity index (χ4v) is 2.51. The van der Waals surface area contributed by atoms with Gasteiger partial charge in [0.25, 0.3) is 0 Å². The largest absolute Gasteiger partial charge is 0.493 e. The van der Waals surface area contributed by atoms with Crippen LogP contribution in [0.1, 0.15) is 16.7 Å². The van der Waals surface area contributed by atoms with Crippen LogP contribution < -0.4 is 14.8 Å². The second kappa shape index (κ2) is 8.54. The van der Waals surface area contributed by atoms with Gasteiger partial charge in [0.2, 0.25) is 0 Å². The van der Waals surface area contributed by atoms with Gasteiger partial charge in [-0.15, -0.1) is 0 Å². The first-order valence-electron chi connectivity index (χ1n) is 8.23. The van der Waals surface area contributed by atoms with Gasteiger partial charge in [-0.1, -0.05) is 30.3 Å². The molecular formula is C21H19N3O2. The molecule has 1 aromatic heterocycles. The molecule has 0 saturated carbocycles. The molecule has 2 aromatic carbocycles. The van der Waals surface area contributed by atoms with Crippen LogP contribution in [0.4, 0.5) is 5.82 Å². The summed E-state index contributed by atoms with van der Waals surface area (Å²) in [6, 6.07) is 21.1. The smallest absolute Gasteiger partial charge is 0.161 e. The van der Waals surface area contributed by atoms with E-state index >= 15 is 0 Å². The highest BCUT2D eigenvalue weighted by Crippen LogP contribution is 2.29. The van der Waals surface area contributed by atoms with Gasteiger partial charge in [-0.05, 0) is 35.9 Å². The van der Waals surface area contributed by atoms with Crippen molar-refractivity contribution in [2.45, 2.75) is 13.2 Å². The summed E-state index contributed by atoms with van der Waals surface area (Å²) >= 11 is 0. The Kier molecular flexibility index (Phi) is 5.69. The van der Waals surface area contributed by atoms with E-state index in [1.807, 2.05) is 54.6 Å². The molecule has 0 radical (unpaired) electrons. The molecule has 0 saturated heterocycles. The van der Waals surface area contributed by atoms with Crippen LogP contribution in [0.5, 0.6) is 11.5 Å². The molecule has 0 aliphatic rings. The summed E-state index contributed by atoms with van der Waals surface area (Å²) in [5, 5.41) is 12.4. The lowest BCUT2D eigenvalue weighted by Gasteiger charge is -2.13. The molecule has 0 fully saturated rings. The van der Waals surface area contributed by atoms with Crippen molar-refractivity contribution >= 4 is 5.82 Å². The van der Waals surface area contributed by atoms with Crippen molar-refractivity contribution in [3.8, 4) is 17.6 Å². The van der Waals surface area contributed by atoms with Gasteiger partial charge in [0.05, 0.1) is 18.7 Å². The third-order valence-corrected chi connectivity index (χ3v) is 3.89. The highest BCUT2D eigenvalue weighted by atomic mass is 16.5. The zero-order valence-electron chi connectivity index (χ0n) is 14.5. The first kappa shape index (κ1) is 17.3. The standard InChI is InChI=1S/C21H19N3O2/c1-25-20-12-16(14-24-21-8-4-5-11-23-21)9-10-19(20)26-15-18-7-3-2-6-17(18)13-22/h2-12H,14-15H2,1H3,(H,23,24). The van der Waals surface area contributed by atoms with E-state index in [-0.39, 0.29) is 0 Å². The molecule has 5 nitrogen and oxygen atoms in total. The van der Waals surface area contributed by atoms with Gasteiger partial charge in [-0.25, -0.2) is 4.98 Å². The van der Waals surface area contributed by atoms with Crippen LogP contribution in [0.25, 0.3) is 0 Å². The summed E-state index contributed by atoms with van der Waals surface area (Å²) in [5.41, 5.74) is 2.51. The average molecular weight is 345 g/mol. The Labute approximate surface area is 152 Å². The molecule has 0 atom stereocenters. The first-order chi connectivity index (χ1) is 12.8. The van der Waals surface area contributed by atoms with E-state index in [9.17, 15) is 0 Å². The van der Waals surface area contributed by atoms with E-state index in [0.717, 1.165) is 16.9 Å². The van der Waals surface area contributed by atoms with Crippen LogP contribution >= 0.6 is 0 Å². The van der Waals surface area contributed by atoms with E-state index in [2.05, 4.69) is 16.4 Å². The number of ether oxygens (including phenoxy) is 2. The Morgan fingerprint density at radius 2 is 1.88 bits per heavy atom. The van der Waals surface area contributed by atoms with Crippen molar-refractivity contribution in [3.05, 3.63) is 83.6 Å². The van der Waals surface area contributed by atoms with Crippen molar-refractivity contribution < 1.29 is 9.47 Å². The molecule has 0 spiro atoms. The van der Waals surface area contributed by atoms with Crippen molar-refractivity contribution in [3.63, 3.8) is 0 Å². The van der Waals surface area contributed by atoms with Crippen molar-refractivity contribution in [2.75, 3.05) is 12.4 Å². The molecule has 1 heterocycles. The predicted molar refractivity (Wildman–Crippen MR) is 100 cm³/mol. The lowest BCUT2D eigenvalue weighted by molar-refractivity contribution is 0.284. The summed E-state index contributed by atoms with van der Waals surface area (Å²) in [6.45, 7) is 0.941. The van der Waals surface area contributed by atoms with Gasteiger partial charge in [0.1, 0.15) is 12.4 Å². The van der Waals surface area contributed by atoms with E-state index in [1.54, 1.807) is 19.4 Å². The summed E-state index contributed by atoms with van der Waals surface area (Å²) in [6.07, 6.45) is 1.75. The Hall–Kier alpha value is -3.52. The molecule has 0 aliphatic heterocycles. The maximum Gasteiger partial charge on any atom is 0.161 e. The second-order valence-corrected chi connectivity index (χ2v) is 5.61. The average Bonchev–Trinajstić information content (AvgIpc) is 2.72. The first-order valence-corrected chi connectivity index (χ1v) is 8.23. The minimum Gasteiger partial charge on any atom is -0.493 e. The van der Waals surface area contributed by atoms with Crippen molar-refractivity contribution in [2.24, 2.45) is 0 Å². The van der Waals surface area contributed by atoms with Crippen LogP contribution in [0, 0.1) is 11.3 Å². The summed E-state index contributed by atoms with van der Waals surface area (Å²) < 4.78 is 11.3. The monoisotopic (exact) mass is 345 g/mol. The highest BCUT2D eigenvalue weighted by molar-refractivity contribution is 5.45. The summed E-state index contributed by atoms with van der Waals surface area (Å²) in [7, 11) is 1.61. The van der Waals surface area contributed by atoms with E-state index in [4.69, 9.17) is 14.7 Å². The SMILES string of the molecule is COc1cc(CNc2ccccn2)ccc1OCc1ccccc1C#N. The number of aromatic nitrogens is 1. The highest BCUT2D eigenvalue weighted by Gasteiger charge is 2.08. The number of nitrogens with one attached hydrogen (secondary N) is 1. The van der Waals surface area contributed by atoms with Gasteiger partial charge < -0.3 is 14.8 Å². The number of hydrogen-bond acceptors (Lipinski definition) is 5. The fraction of sp³-hybridized carbons (Fsp3) is 0.143. The lowest BCUT2D eigenvalue weighted by atomic mass is 10.1. The van der Waals surface area contributed by atoms with Gasteiger partial charge >= 0.3 is 0 Å². The van der Waals surface area contributed by atoms with Crippen LogP contribution in [0.3, 0.4) is 0 Å². The molecule has 0 aliphatic carbocycles. The number of anilines is 1. The summed E-state index contributed by atoms with van der Waals surface area (Å²) in [4.78, 5) is 4.24. The van der Waals surface area contributed by atoms with Crippen LogP contribution in [0.15, 0.2) is 66.9 Å². The molecule has 0 amide bonds. The van der Waals surface area contributed by atoms with Gasteiger partial charge in [-0.3, -0.25) is 0 Å². The topological polar surface area (TPSA) is 67.2 Å². The predicted octanol–water partition coefficient (Wildman–Crippen LogP) is 4.15. The number of hydrogen-bond donors (Lipinski definition) is 1. The number of rotatable bonds is 7. The number of pyridine rings is 1. The molecule has 5 heteroatoms. The van der Waals surface area contributed by atoms with E-state index in [0.29, 0.717) is 30.2 Å². The van der Waals surface area contributed by atoms with Gasteiger partial charge in [-0.2, -0.15) is 5.26 Å².